The van der Waals surface area contributed by atoms with E-state index >= 15 is 0 Å². The van der Waals surface area contributed by atoms with Crippen molar-refractivity contribution in [3.05, 3.63) is 52.6 Å². The van der Waals surface area contributed by atoms with Crippen molar-refractivity contribution in [3.8, 4) is 0 Å². The number of aryl methyl sites for hydroxylation is 1. The third-order valence-corrected chi connectivity index (χ3v) is 5.81. The number of hydrogen-bond donors (Lipinski definition) is 1. The summed E-state index contributed by atoms with van der Waals surface area (Å²) in [6.45, 7) is 0. The molecule has 3 saturated carbocycles. The van der Waals surface area contributed by atoms with Gasteiger partial charge >= 0.3 is 0 Å². The number of nitrogens with zero attached hydrogens (tertiary/aromatic N) is 2. The number of amides is 1. The zero-order valence-electron chi connectivity index (χ0n) is 14.3. The van der Waals surface area contributed by atoms with E-state index in [4.69, 9.17) is 0 Å². The molecule has 1 aromatic carbocycles. The first-order chi connectivity index (χ1) is 12.7. The topological polar surface area (TPSA) is 46.9 Å². The fraction of sp³-hybridized carbons (Fsp3) is 0.444. The predicted molar refractivity (Wildman–Crippen MR) is 84.8 cm³/mol. The van der Waals surface area contributed by atoms with Crippen LogP contribution >= 0.6 is 0 Å². The second-order valence-electron chi connectivity index (χ2n) is 7.27. The minimum atomic E-state index is -2.90. The molecule has 5 rings (SSSR count). The predicted octanol–water partition coefficient (Wildman–Crippen LogP) is 3.63. The summed E-state index contributed by atoms with van der Waals surface area (Å²) in [5.41, 5.74) is -1.29. The van der Waals surface area contributed by atoms with E-state index in [9.17, 15) is 26.7 Å². The minimum Gasteiger partial charge on any atom is -0.348 e. The van der Waals surface area contributed by atoms with Gasteiger partial charge in [-0.1, -0.05) is 0 Å². The highest BCUT2D eigenvalue weighted by molar-refractivity contribution is 5.95. The van der Waals surface area contributed by atoms with Crippen LogP contribution in [-0.4, -0.2) is 21.7 Å². The molecule has 1 N–H and O–H groups in total. The maximum Gasteiger partial charge on any atom is 0.282 e. The minimum absolute atomic E-state index is 0.0804. The lowest BCUT2D eigenvalue weighted by Crippen LogP contribution is -2.58. The molecule has 3 atom stereocenters. The zero-order chi connectivity index (χ0) is 19.5. The van der Waals surface area contributed by atoms with E-state index in [2.05, 4.69) is 10.4 Å². The lowest BCUT2D eigenvalue weighted by molar-refractivity contribution is 0.0799. The van der Waals surface area contributed by atoms with Crippen LogP contribution in [0.4, 0.5) is 22.0 Å². The molecule has 3 fully saturated rings. The van der Waals surface area contributed by atoms with Crippen LogP contribution in [0.1, 0.15) is 47.3 Å². The van der Waals surface area contributed by atoms with Crippen LogP contribution in [0.5, 0.6) is 0 Å². The number of fused-ring (bicyclic) bond motifs is 1. The van der Waals surface area contributed by atoms with Crippen molar-refractivity contribution in [3.63, 3.8) is 0 Å². The quantitative estimate of drug-likeness (QED) is 0.646. The van der Waals surface area contributed by atoms with Crippen LogP contribution < -0.4 is 5.32 Å². The maximum atomic E-state index is 13.7. The number of rotatable bonds is 4. The number of aromatic nitrogens is 2. The Morgan fingerprint density at radius 3 is 2.56 bits per heavy atom. The molecule has 2 bridgehead atoms. The van der Waals surface area contributed by atoms with Crippen LogP contribution in [0.15, 0.2) is 18.3 Å². The van der Waals surface area contributed by atoms with Crippen molar-refractivity contribution in [1.82, 2.24) is 15.1 Å². The van der Waals surface area contributed by atoms with Gasteiger partial charge in [-0.05, 0) is 42.9 Å². The smallest absolute Gasteiger partial charge is 0.282 e. The average molecular weight is 385 g/mol. The Labute approximate surface area is 151 Å². The van der Waals surface area contributed by atoms with Crippen molar-refractivity contribution >= 4 is 5.91 Å². The molecule has 2 aromatic rings. The second-order valence-corrected chi connectivity index (χ2v) is 7.27. The standard InChI is InChI=1S/C18H16F5N3O/c1-26-7-10(14(25-26)16(22)23)17(27)24-15-8-2-3-18(15,6-8)9-4-11(19)13(21)12(20)5-9/h4-5,7-8,15-16H,2-3,6H2,1H3,(H,24,27)/t8-,15-,18+/m1/s1. The monoisotopic (exact) mass is 385 g/mol. The zero-order valence-corrected chi connectivity index (χ0v) is 14.3. The molecule has 1 amide bonds. The van der Waals surface area contributed by atoms with Gasteiger partial charge in [0.05, 0.1) is 5.56 Å². The lowest BCUT2D eigenvalue weighted by atomic mass is 9.61. The Hall–Kier alpha value is -2.45. The number of carbonyl (C=O) groups excluding carboxylic acids is 1. The van der Waals surface area contributed by atoms with E-state index in [1.807, 2.05) is 0 Å². The van der Waals surface area contributed by atoms with Crippen molar-refractivity contribution in [2.75, 3.05) is 0 Å². The first-order valence-electron chi connectivity index (χ1n) is 8.50. The van der Waals surface area contributed by atoms with E-state index in [1.54, 1.807) is 0 Å². The van der Waals surface area contributed by atoms with Crippen molar-refractivity contribution in [1.29, 1.82) is 0 Å². The molecule has 9 heteroatoms. The van der Waals surface area contributed by atoms with Crippen molar-refractivity contribution in [2.24, 2.45) is 13.0 Å². The Morgan fingerprint density at radius 1 is 1.30 bits per heavy atom. The Balaban J connectivity index is 1.63. The number of halogens is 5. The highest BCUT2D eigenvalue weighted by Gasteiger charge is 2.60. The summed E-state index contributed by atoms with van der Waals surface area (Å²) in [5, 5.41) is 6.34. The third-order valence-electron chi connectivity index (χ3n) is 5.81. The van der Waals surface area contributed by atoms with E-state index in [0.29, 0.717) is 12.8 Å². The summed E-state index contributed by atoms with van der Waals surface area (Å²) < 4.78 is 68.0. The van der Waals surface area contributed by atoms with Crippen LogP contribution in [-0.2, 0) is 12.5 Å². The molecular formula is C18H16F5N3O. The van der Waals surface area contributed by atoms with Crippen molar-refractivity contribution in [2.45, 2.75) is 37.1 Å². The molecular weight excluding hydrogens is 369 g/mol. The van der Waals surface area contributed by atoms with Gasteiger partial charge in [0.1, 0.15) is 5.69 Å². The van der Waals surface area contributed by atoms with Gasteiger partial charge in [0.25, 0.3) is 12.3 Å². The highest BCUT2D eigenvalue weighted by Crippen LogP contribution is 2.60. The Kier molecular flexibility index (Phi) is 4.01. The number of carbonyl (C=O) groups is 1. The molecule has 0 saturated heterocycles. The van der Waals surface area contributed by atoms with Gasteiger partial charge in [-0.25, -0.2) is 22.0 Å². The molecule has 1 heterocycles. The normalized spacial score (nSPS) is 26.3. The van der Waals surface area contributed by atoms with Gasteiger partial charge in [-0.15, -0.1) is 0 Å². The largest absolute Gasteiger partial charge is 0.348 e. The van der Waals surface area contributed by atoms with E-state index < -0.39 is 46.9 Å². The van der Waals surface area contributed by atoms with Crippen molar-refractivity contribution < 1.29 is 26.7 Å². The first kappa shape index (κ1) is 17.9. The molecule has 3 aliphatic rings. The summed E-state index contributed by atoms with van der Waals surface area (Å²) in [7, 11) is 1.43. The number of nitrogens with one attached hydrogen (secondary N) is 1. The summed E-state index contributed by atoms with van der Waals surface area (Å²) in [4.78, 5) is 12.6. The Morgan fingerprint density at radius 2 is 1.96 bits per heavy atom. The van der Waals surface area contributed by atoms with E-state index in [-0.39, 0.29) is 17.0 Å². The highest BCUT2D eigenvalue weighted by atomic mass is 19.3. The SMILES string of the molecule is Cn1cc(C(=O)N[C@@H]2[C@@H]3CC[C@@]2(c2cc(F)c(F)c(F)c2)C3)c(C(F)F)n1. The maximum absolute atomic E-state index is 13.7. The lowest BCUT2D eigenvalue weighted by Gasteiger charge is -2.48. The fourth-order valence-electron chi connectivity index (χ4n) is 4.57. The summed E-state index contributed by atoms with van der Waals surface area (Å²) in [6, 6.07) is 1.45. The van der Waals surface area contributed by atoms with Crippen LogP contribution in [0, 0.1) is 23.4 Å². The van der Waals surface area contributed by atoms with E-state index in [0.717, 1.165) is 23.2 Å². The molecule has 0 spiro atoms. The summed E-state index contributed by atoms with van der Waals surface area (Å²) in [6.07, 6.45) is 0.194. The molecule has 1 aromatic heterocycles. The van der Waals surface area contributed by atoms with Crippen LogP contribution in [0.3, 0.4) is 0 Å². The number of alkyl halides is 2. The molecule has 0 unspecified atom stereocenters. The van der Waals surface area contributed by atoms with Gasteiger partial charge < -0.3 is 5.32 Å². The molecule has 0 radical (unpaired) electrons. The average Bonchev–Trinajstić information content (AvgIpc) is 3.29. The molecule has 27 heavy (non-hydrogen) atoms. The Bertz CT molecular complexity index is 901. The molecule has 4 nitrogen and oxygen atoms in total. The number of hydrogen-bond acceptors (Lipinski definition) is 2. The first-order valence-corrected chi connectivity index (χ1v) is 8.50. The van der Waals surface area contributed by atoms with Gasteiger partial charge in [0.15, 0.2) is 17.5 Å². The molecule has 3 aliphatic carbocycles. The number of benzene rings is 1. The summed E-state index contributed by atoms with van der Waals surface area (Å²) >= 11 is 0. The molecule has 0 aliphatic heterocycles. The summed E-state index contributed by atoms with van der Waals surface area (Å²) in [5.74, 6) is -4.74. The fourth-order valence-corrected chi connectivity index (χ4v) is 4.57. The second kappa shape index (κ2) is 6.03. The van der Waals surface area contributed by atoms with Crippen LogP contribution in [0.2, 0.25) is 0 Å². The van der Waals surface area contributed by atoms with Gasteiger partial charge in [-0.2, -0.15) is 5.10 Å². The van der Waals surface area contributed by atoms with Crippen LogP contribution in [0.25, 0.3) is 0 Å². The third kappa shape index (κ3) is 2.62. The van der Waals surface area contributed by atoms with Gasteiger partial charge in [0.2, 0.25) is 0 Å². The van der Waals surface area contributed by atoms with Gasteiger partial charge in [-0.3, -0.25) is 9.48 Å². The van der Waals surface area contributed by atoms with E-state index in [1.165, 1.54) is 13.2 Å². The molecule has 144 valence electrons. The van der Waals surface area contributed by atoms with Gasteiger partial charge in [0, 0.05) is 24.7 Å².